The second-order valence-electron chi connectivity index (χ2n) is 6.94. The van der Waals surface area contributed by atoms with Gasteiger partial charge in [0, 0.05) is 12.0 Å². The maximum absolute atomic E-state index is 12.0. The van der Waals surface area contributed by atoms with E-state index in [0.29, 0.717) is 12.3 Å². The molecule has 0 aliphatic heterocycles. The van der Waals surface area contributed by atoms with Crippen LogP contribution in [0, 0.1) is 6.92 Å². The van der Waals surface area contributed by atoms with Gasteiger partial charge in [-0.1, -0.05) is 49.4 Å². The molecule has 28 heavy (non-hydrogen) atoms. The van der Waals surface area contributed by atoms with E-state index >= 15 is 0 Å². The van der Waals surface area contributed by atoms with Crippen molar-refractivity contribution in [2.24, 2.45) is 0 Å². The Morgan fingerprint density at radius 1 is 1.04 bits per heavy atom. The molecule has 0 fully saturated rings. The molecule has 3 aromatic rings. The summed E-state index contributed by atoms with van der Waals surface area (Å²) in [6.07, 6.45) is 3.29. The largest absolute Gasteiger partial charge is 0.441 e. The number of rotatable bonds is 10. The van der Waals surface area contributed by atoms with Crippen molar-refractivity contribution in [1.82, 2.24) is 4.98 Å². The molecule has 4 nitrogen and oxygen atoms in total. The fourth-order valence-electron chi connectivity index (χ4n) is 3.04. The zero-order chi connectivity index (χ0) is 19.8. The summed E-state index contributed by atoms with van der Waals surface area (Å²) >= 11 is 0. The summed E-state index contributed by atoms with van der Waals surface area (Å²) in [6.45, 7) is 4.40. The highest BCUT2D eigenvalue weighted by atomic mass is 16.5. The van der Waals surface area contributed by atoms with Crippen LogP contribution in [-0.4, -0.2) is 17.4 Å². The van der Waals surface area contributed by atoms with E-state index in [2.05, 4.69) is 36.2 Å². The smallest absolute Gasteiger partial charge is 0.226 e. The summed E-state index contributed by atoms with van der Waals surface area (Å²) < 4.78 is 11.3. The van der Waals surface area contributed by atoms with E-state index in [0.717, 1.165) is 36.3 Å². The van der Waals surface area contributed by atoms with Gasteiger partial charge >= 0.3 is 0 Å². The van der Waals surface area contributed by atoms with Crippen molar-refractivity contribution in [3.63, 3.8) is 0 Å². The van der Waals surface area contributed by atoms with Crippen molar-refractivity contribution in [3.05, 3.63) is 77.2 Å². The van der Waals surface area contributed by atoms with Crippen LogP contribution in [0.2, 0.25) is 0 Å². The Kier molecular flexibility index (Phi) is 7.15. The molecule has 0 spiro atoms. The maximum atomic E-state index is 12.0. The van der Waals surface area contributed by atoms with Gasteiger partial charge in [-0.2, -0.15) is 0 Å². The van der Waals surface area contributed by atoms with Gasteiger partial charge in [0.2, 0.25) is 5.89 Å². The van der Waals surface area contributed by atoms with Crippen LogP contribution in [0.3, 0.4) is 0 Å². The molecule has 1 aromatic heterocycles. The third-order valence-electron chi connectivity index (χ3n) is 4.77. The molecule has 0 saturated heterocycles. The standard InChI is InChI=1S/C24H27NO3/c1-3-19-12-14-21(15-13-19)24-25-23(18(2)28-24)17-27-16-22(26)11-7-10-20-8-5-4-6-9-20/h4-6,8-9,12-15H,3,7,10-11,16-17H2,1-2H3. The predicted molar refractivity (Wildman–Crippen MR) is 110 cm³/mol. The number of aromatic nitrogens is 1. The van der Waals surface area contributed by atoms with Crippen LogP contribution < -0.4 is 0 Å². The molecule has 2 aromatic carbocycles. The van der Waals surface area contributed by atoms with Gasteiger partial charge in [0.25, 0.3) is 0 Å². The van der Waals surface area contributed by atoms with E-state index < -0.39 is 0 Å². The molecular weight excluding hydrogens is 350 g/mol. The van der Waals surface area contributed by atoms with Gasteiger partial charge in [-0.15, -0.1) is 0 Å². The number of ether oxygens (including phenoxy) is 1. The lowest BCUT2D eigenvalue weighted by Crippen LogP contribution is -2.09. The van der Waals surface area contributed by atoms with E-state index in [-0.39, 0.29) is 19.0 Å². The minimum Gasteiger partial charge on any atom is -0.441 e. The Bertz CT molecular complexity index is 882. The highest BCUT2D eigenvalue weighted by Gasteiger charge is 2.12. The zero-order valence-corrected chi connectivity index (χ0v) is 16.6. The Balaban J connectivity index is 1.44. The lowest BCUT2D eigenvalue weighted by atomic mass is 10.1. The predicted octanol–water partition coefficient (Wildman–Crippen LogP) is 5.32. The van der Waals surface area contributed by atoms with E-state index in [4.69, 9.17) is 9.15 Å². The number of oxazole rings is 1. The quantitative estimate of drug-likeness (QED) is 0.480. The van der Waals surface area contributed by atoms with E-state index in [1.54, 1.807) is 0 Å². The third-order valence-corrected chi connectivity index (χ3v) is 4.77. The van der Waals surface area contributed by atoms with Crippen LogP contribution >= 0.6 is 0 Å². The van der Waals surface area contributed by atoms with Crippen molar-refractivity contribution in [2.75, 3.05) is 6.61 Å². The monoisotopic (exact) mass is 377 g/mol. The molecule has 0 bridgehead atoms. The summed E-state index contributed by atoms with van der Waals surface area (Å²) in [7, 11) is 0. The van der Waals surface area contributed by atoms with Crippen molar-refractivity contribution < 1.29 is 13.9 Å². The van der Waals surface area contributed by atoms with Crippen LogP contribution in [0.15, 0.2) is 59.0 Å². The van der Waals surface area contributed by atoms with E-state index in [1.807, 2.05) is 37.3 Å². The molecule has 3 rings (SSSR count). The van der Waals surface area contributed by atoms with Crippen LogP contribution in [-0.2, 0) is 29.0 Å². The molecule has 146 valence electrons. The van der Waals surface area contributed by atoms with Gasteiger partial charge in [0.15, 0.2) is 5.78 Å². The fraction of sp³-hybridized carbons (Fsp3) is 0.333. The third kappa shape index (κ3) is 5.64. The average Bonchev–Trinajstić information content (AvgIpc) is 3.09. The summed E-state index contributed by atoms with van der Waals surface area (Å²) in [5.74, 6) is 1.44. The number of aryl methyl sites for hydroxylation is 3. The van der Waals surface area contributed by atoms with Gasteiger partial charge < -0.3 is 9.15 Å². The van der Waals surface area contributed by atoms with Crippen LogP contribution in [0.4, 0.5) is 0 Å². The van der Waals surface area contributed by atoms with E-state index in [1.165, 1.54) is 11.1 Å². The lowest BCUT2D eigenvalue weighted by Gasteiger charge is -2.03. The highest BCUT2D eigenvalue weighted by Crippen LogP contribution is 2.22. The first-order valence-corrected chi connectivity index (χ1v) is 9.84. The number of nitrogens with zero attached hydrogens (tertiary/aromatic N) is 1. The van der Waals surface area contributed by atoms with Crippen molar-refractivity contribution in [2.45, 2.75) is 46.1 Å². The topological polar surface area (TPSA) is 52.3 Å². The van der Waals surface area contributed by atoms with Crippen LogP contribution in [0.1, 0.15) is 42.3 Å². The van der Waals surface area contributed by atoms with Gasteiger partial charge in [-0.05, 0) is 49.4 Å². The van der Waals surface area contributed by atoms with Crippen LogP contribution in [0.25, 0.3) is 11.5 Å². The van der Waals surface area contributed by atoms with Gasteiger partial charge in [0.05, 0.1) is 6.61 Å². The molecule has 0 N–H and O–H groups in total. The molecular formula is C24H27NO3. The number of benzene rings is 2. The van der Waals surface area contributed by atoms with Crippen molar-refractivity contribution >= 4 is 5.78 Å². The molecule has 0 atom stereocenters. The first kappa shape index (κ1) is 20.0. The lowest BCUT2D eigenvalue weighted by molar-refractivity contribution is -0.124. The minimum atomic E-state index is 0.113. The summed E-state index contributed by atoms with van der Waals surface area (Å²) in [4.78, 5) is 16.6. The number of hydrogen-bond donors (Lipinski definition) is 0. The first-order chi connectivity index (χ1) is 13.7. The molecule has 0 saturated carbocycles. The Morgan fingerprint density at radius 3 is 2.50 bits per heavy atom. The molecule has 0 unspecified atom stereocenters. The van der Waals surface area contributed by atoms with Gasteiger partial charge in [-0.3, -0.25) is 4.79 Å². The summed E-state index contributed by atoms with van der Waals surface area (Å²) in [5.41, 5.74) is 4.23. The SMILES string of the molecule is CCc1ccc(-c2nc(COCC(=O)CCCc3ccccc3)c(C)o2)cc1. The molecule has 0 amide bonds. The number of ketones is 1. The van der Waals surface area contributed by atoms with Crippen molar-refractivity contribution in [3.8, 4) is 11.5 Å². The van der Waals surface area contributed by atoms with E-state index in [9.17, 15) is 4.79 Å². The molecule has 4 heteroatoms. The summed E-state index contributed by atoms with van der Waals surface area (Å²) in [5, 5.41) is 0. The second kappa shape index (κ2) is 10.00. The molecule has 0 radical (unpaired) electrons. The molecule has 1 heterocycles. The Labute approximate surface area is 166 Å². The fourth-order valence-corrected chi connectivity index (χ4v) is 3.04. The Morgan fingerprint density at radius 2 is 1.79 bits per heavy atom. The number of carbonyl (C=O) groups excluding carboxylic acids is 1. The van der Waals surface area contributed by atoms with Gasteiger partial charge in [0.1, 0.15) is 18.1 Å². The number of carbonyl (C=O) groups is 1. The first-order valence-electron chi connectivity index (χ1n) is 9.84. The zero-order valence-electron chi connectivity index (χ0n) is 16.6. The average molecular weight is 377 g/mol. The van der Waals surface area contributed by atoms with Crippen LogP contribution in [0.5, 0.6) is 0 Å². The Hall–Kier alpha value is -2.72. The highest BCUT2D eigenvalue weighted by molar-refractivity contribution is 5.79. The van der Waals surface area contributed by atoms with Gasteiger partial charge in [-0.25, -0.2) is 4.98 Å². The van der Waals surface area contributed by atoms with Crippen molar-refractivity contribution in [1.29, 1.82) is 0 Å². The maximum Gasteiger partial charge on any atom is 0.226 e. The molecule has 0 aliphatic carbocycles. The molecule has 0 aliphatic rings. The normalized spacial score (nSPS) is 10.9. The summed E-state index contributed by atoms with van der Waals surface area (Å²) in [6, 6.07) is 18.4. The number of hydrogen-bond acceptors (Lipinski definition) is 4. The number of Topliss-reactive ketones (excluding diaryl/α,β-unsaturated/α-hetero) is 1. The minimum absolute atomic E-state index is 0.113. The second-order valence-corrected chi connectivity index (χ2v) is 6.94.